The van der Waals surface area contributed by atoms with E-state index in [1.807, 2.05) is 0 Å². The predicted octanol–water partition coefficient (Wildman–Crippen LogP) is 3.08. The summed E-state index contributed by atoms with van der Waals surface area (Å²) in [5.74, 6) is 1.89. The summed E-state index contributed by atoms with van der Waals surface area (Å²) >= 11 is 0. The summed E-state index contributed by atoms with van der Waals surface area (Å²) in [4.78, 5) is 14.3. The lowest BCUT2D eigenvalue weighted by atomic mass is 9.75. The van der Waals surface area contributed by atoms with Gasteiger partial charge in [-0.1, -0.05) is 20.8 Å². The van der Waals surface area contributed by atoms with Gasteiger partial charge in [0.15, 0.2) is 0 Å². The maximum atomic E-state index is 12.2. The van der Waals surface area contributed by atoms with Crippen LogP contribution in [0, 0.1) is 17.3 Å². The van der Waals surface area contributed by atoms with Gasteiger partial charge in [0.05, 0.1) is 0 Å². The zero-order valence-electron chi connectivity index (χ0n) is 13.3. The van der Waals surface area contributed by atoms with Gasteiger partial charge >= 0.3 is 0 Å². The van der Waals surface area contributed by atoms with E-state index in [0.717, 1.165) is 50.9 Å². The van der Waals surface area contributed by atoms with Crippen molar-refractivity contribution in [3.63, 3.8) is 0 Å². The third-order valence-electron chi connectivity index (χ3n) is 5.00. The Morgan fingerprint density at radius 2 is 1.85 bits per heavy atom. The summed E-state index contributed by atoms with van der Waals surface area (Å²) < 4.78 is 0. The van der Waals surface area contributed by atoms with Crippen molar-refractivity contribution >= 4 is 18.3 Å². The Labute approximate surface area is 130 Å². The highest BCUT2D eigenvalue weighted by Crippen LogP contribution is 2.34. The first-order chi connectivity index (χ1) is 8.97. The van der Waals surface area contributed by atoms with E-state index in [1.165, 1.54) is 19.3 Å². The van der Waals surface area contributed by atoms with E-state index in [1.54, 1.807) is 0 Å². The molecule has 1 unspecified atom stereocenters. The monoisotopic (exact) mass is 302 g/mol. The van der Waals surface area contributed by atoms with Crippen molar-refractivity contribution in [1.29, 1.82) is 0 Å². The van der Waals surface area contributed by atoms with Crippen LogP contribution in [0.4, 0.5) is 0 Å². The normalized spacial score (nSPS) is 24.6. The van der Waals surface area contributed by atoms with Crippen LogP contribution < -0.4 is 5.32 Å². The van der Waals surface area contributed by atoms with Gasteiger partial charge in [0, 0.05) is 19.5 Å². The fourth-order valence-electron chi connectivity index (χ4n) is 3.44. The molecular formula is C16H31ClN2O. The van der Waals surface area contributed by atoms with Gasteiger partial charge in [0.2, 0.25) is 5.91 Å². The van der Waals surface area contributed by atoms with Crippen LogP contribution in [-0.4, -0.2) is 37.0 Å². The molecule has 0 aromatic heterocycles. The van der Waals surface area contributed by atoms with Crippen LogP contribution in [0.2, 0.25) is 0 Å². The van der Waals surface area contributed by atoms with E-state index in [4.69, 9.17) is 0 Å². The van der Waals surface area contributed by atoms with Gasteiger partial charge in [-0.05, 0) is 56.0 Å². The number of nitrogens with zero attached hydrogens (tertiary/aromatic N) is 1. The molecule has 0 saturated carbocycles. The first-order valence-electron chi connectivity index (χ1n) is 7.95. The van der Waals surface area contributed by atoms with Crippen LogP contribution in [0.1, 0.15) is 52.9 Å². The highest BCUT2D eigenvalue weighted by atomic mass is 35.5. The van der Waals surface area contributed by atoms with Crippen molar-refractivity contribution in [3.05, 3.63) is 0 Å². The van der Waals surface area contributed by atoms with Crippen LogP contribution in [0.3, 0.4) is 0 Å². The molecule has 2 saturated heterocycles. The Morgan fingerprint density at radius 1 is 1.20 bits per heavy atom. The van der Waals surface area contributed by atoms with Gasteiger partial charge < -0.3 is 10.2 Å². The Hall–Kier alpha value is -0.280. The molecule has 2 aliphatic rings. The van der Waals surface area contributed by atoms with Crippen molar-refractivity contribution in [2.24, 2.45) is 17.3 Å². The molecule has 118 valence electrons. The van der Waals surface area contributed by atoms with Crippen LogP contribution >= 0.6 is 12.4 Å². The average Bonchev–Trinajstić information content (AvgIpc) is 2.88. The number of carbonyl (C=O) groups excluding carboxylic acids is 1. The second-order valence-corrected chi connectivity index (χ2v) is 7.42. The SMILES string of the molecule is CC(C)(C)C1CCN(C(=O)CCC2CCNC2)CC1.Cl. The Bertz CT molecular complexity index is 300. The van der Waals surface area contributed by atoms with E-state index in [-0.39, 0.29) is 12.4 Å². The second-order valence-electron chi connectivity index (χ2n) is 7.42. The molecule has 0 bridgehead atoms. The zero-order chi connectivity index (χ0) is 13.9. The topological polar surface area (TPSA) is 32.3 Å². The fourth-order valence-corrected chi connectivity index (χ4v) is 3.44. The number of amides is 1. The molecule has 0 spiro atoms. The van der Waals surface area contributed by atoms with Gasteiger partial charge in [-0.2, -0.15) is 0 Å². The van der Waals surface area contributed by atoms with E-state index in [0.29, 0.717) is 11.3 Å². The maximum absolute atomic E-state index is 12.2. The highest BCUT2D eigenvalue weighted by molar-refractivity contribution is 5.85. The van der Waals surface area contributed by atoms with E-state index in [2.05, 4.69) is 31.0 Å². The molecule has 2 heterocycles. The molecule has 0 aromatic carbocycles. The minimum Gasteiger partial charge on any atom is -0.343 e. The first kappa shape index (κ1) is 17.8. The third-order valence-corrected chi connectivity index (χ3v) is 5.00. The Balaban J connectivity index is 0.00000200. The molecule has 20 heavy (non-hydrogen) atoms. The van der Waals surface area contributed by atoms with Gasteiger partial charge in [0.25, 0.3) is 0 Å². The first-order valence-corrected chi connectivity index (χ1v) is 7.95. The molecule has 0 aromatic rings. The quantitative estimate of drug-likeness (QED) is 0.869. The van der Waals surface area contributed by atoms with Crippen LogP contribution in [0.25, 0.3) is 0 Å². The molecule has 1 atom stereocenters. The summed E-state index contributed by atoms with van der Waals surface area (Å²) in [5.41, 5.74) is 0.394. The van der Waals surface area contributed by atoms with Crippen LogP contribution in [0.15, 0.2) is 0 Å². The van der Waals surface area contributed by atoms with E-state index < -0.39 is 0 Å². The fraction of sp³-hybridized carbons (Fsp3) is 0.938. The highest BCUT2D eigenvalue weighted by Gasteiger charge is 2.30. The zero-order valence-corrected chi connectivity index (χ0v) is 14.1. The number of nitrogens with one attached hydrogen (secondary N) is 1. The molecule has 3 nitrogen and oxygen atoms in total. The molecule has 2 aliphatic heterocycles. The van der Waals surface area contributed by atoms with Crippen molar-refractivity contribution in [1.82, 2.24) is 10.2 Å². The molecule has 2 fully saturated rings. The van der Waals surface area contributed by atoms with Crippen molar-refractivity contribution in [2.75, 3.05) is 26.2 Å². The van der Waals surface area contributed by atoms with Crippen molar-refractivity contribution in [2.45, 2.75) is 52.9 Å². The standard InChI is InChI=1S/C16H30N2O.ClH/c1-16(2,3)14-7-10-18(11-8-14)15(19)5-4-13-6-9-17-12-13;/h13-14,17H,4-12H2,1-3H3;1H. The number of rotatable bonds is 3. The summed E-state index contributed by atoms with van der Waals surface area (Å²) in [6.45, 7) is 11.2. The second kappa shape index (κ2) is 7.65. The molecule has 1 amide bonds. The molecule has 4 heteroatoms. The maximum Gasteiger partial charge on any atom is 0.222 e. The van der Waals surface area contributed by atoms with Gasteiger partial charge in [-0.15, -0.1) is 12.4 Å². The molecular weight excluding hydrogens is 272 g/mol. The minimum atomic E-state index is 0. The van der Waals surface area contributed by atoms with Gasteiger partial charge in [-0.25, -0.2) is 0 Å². The Morgan fingerprint density at radius 3 is 2.35 bits per heavy atom. The number of carbonyl (C=O) groups is 1. The molecule has 0 radical (unpaired) electrons. The summed E-state index contributed by atoms with van der Waals surface area (Å²) in [6, 6.07) is 0. The number of hydrogen-bond acceptors (Lipinski definition) is 2. The molecule has 2 rings (SSSR count). The lowest BCUT2D eigenvalue weighted by molar-refractivity contribution is -0.133. The Kier molecular flexibility index (Phi) is 6.80. The van der Waals surface area contributed by atoms with Crippen LogP contribution in [0.5, 0.6) is 0 Å². The lowest BCUT2D eigenvalue weighted by Gasteiger charge is -2.38. The van der Waals surface area contributed by atoms with E-state index in [9.17, 15) is 4.79 Å². The average molecular weight is 303 g/mol. The minimum absolute atomic E-state index is 0. The predicted molar refractivity (Wildman–Crippen MR) is 86.2 cm³/mol. The summed E-state index contributed by atoms with van der Waals surface area (Å²) in [7, 11) is 0. The van der Waals surface area contributed by atoms with Gasteiger partial charge in [0.1, 0.15) is 0 Å². The number of halogens is 1. The van der Waals surface area contributed by atoms with Crippen molar-refractivity contribution < 1.29 is 4.79 Å². The summed E-state index contributed by atoms with van der Waals surface area (Å²) in [5, 5.41) is 3.37. The third kappa shape index (κ3) is 4.92. The molecule has 1 N–H and O–H groups in total. The van der Waals surface area contributed by atoms with E-state index >= 15 is 0 Å². The number of hydrogen-bond donors (Lipinski definition) is 1. The largest absolute Gasteiger partial charge is 0.343 e. The van der Waals surface area contributed by atoms with Gasteiger partial charge in [-0.3, -0.25) is 4.79 Å². The number of likely N-dealkylation sites (tertiary alicyclic amines) is 1. The van der Waals surface area contributed by atoms with Crippen LogP contribution in [-0.2, 0) is 4.79 Å². The summed E-state index contributed by atoms with van der Waals surface area (Å²) in [6.07, 6.45) is 5.44. The van der Waals surface area contributed by atoms with Crippen molar-refractivity contribution in [3.8, 4) is 0 Å². The number of piperidine rings is 1. The molecule has 0 aliphatic carbocycles. The smallest absolute Gasteiger partial charge is 0.222 e. The lowest BCUT2D eigenvalue weighted by Crippen LogP contribution is -2.41.